The van der Waals surface area contributed by atoms with E-state index in [2.05, 4.69) is 5.32 Å². The highest BCUT2D eigenvalue weighted by molar-refractivity contribution is 5.77. The van der Waals surface area contributed by atoms with Gasteiger partial charge in [0.25, 0.3) is 0 Å². The lowest BCUT2D eigenvalue weighted by Gasteiger charge is -2.21. The summed E-state index contributed by atoms with van der Waals surface area (Å²) in [6.45, 7) is 0.0726. The Morgan fingerprint density at radius 1 is 1.43 bits per heavy atom. The van der Waals surface area contributed by atoms with Crippen LogP contribution in [0.1, 0.15) is 32.1 Å². The Hall–Kier alpha value is -0.610. The molecule has 0 heterocycles. The Morgan fingerprint density at radius 2 is 2.14 bits per heavy atom. The lowest BCUT2D eigenvalue weighted by Crippen LogP contribution is -2.44. The molecule has 2 unspecified atom stereocenters. The van der Waals surface area contributed by atoms with E-state index in [1.54, 1.807) is 0 Å². The fraction of sp³-hybridized carbons (Fsp3) is 0.900. The fourth-order valence-electron chi connectivity index (χ4n) is 1.84. The average molecular weight is 201 g/mol. The van der Waals surface area contributed by atoms with Crippen molar-refractivity contribution in [1.29, 1.82) is 0 Å². The molecule has 0 spiro atoms. The van der Waals surface area contributed by atoms with Crippen LogP contribution in [0.2, 0.25) is 0 Å². The number of aliphatic hydroxyl groups is 1. The summed E-state index contributed by atoms with van der Waals surface area (Å²) in [5.74, 6) is -0.140. The summed E-state index contributed by atoms with van der Waals surface area (Å²) < 4.78 is 4.72. The molecular formula is C10H19NO3. The van der Waals surface area contributed by atoms with E-state index in [0.717, 1.165) is 32.1 Å². The number of hydrogen-bond donors (Lipinski definition) is 2. The van der Waals surface area contributed by atoms with Crippen LogP contribution in [-0.2, 0) is 9.53 Å². The maximum absolute atomic E-state index is 11.2. The molecule has 1 amide bonds. The van der Waals surface area contributed by atoms with E-state index in [1.165, 1.54) is 7.11 Å². The summed E-state index contributed by atoms with van der Waals surface area (Å²) in [6, 6.07) is -0.0832. The quantitative estimate of drug-likeness (QED) is 0.651. The Bertz CT molecular complexity index is 184. The zero-order valence-corrected chi connectivity index (χ0v) is 8.66. The summed E-state index contributed by atoms with van der Waals surface area (Å²) in [5.41, 5.74) is 0. The van der Waals surface area contributed by atoms with Crippen molar-refractivity contribution < 1.29 is 14.6 Å². The van der Waals surface area contributed by atoms with E-state index >= 15 is 0 Å². The van der Waals surface area contributed by atoms with Crippen molar-refractivity contribution in [2.75, 3.05) is 13.7 Å². The maximum Gasteiger partial charge on any atom is 0.246 e. The monoisotopic (exact) mass is 201 g/mol. The Kier molecular flexibility index (Phi) is 4.90. The molecule has 0 radical (unpaired) electrons. The Morgan fingerprint density at radius 3 is 2.86 bits per heavy atom. The molecular weight excluding hydrogens is 182 g/mol. The minimum absolute atomic E-state index is 0.0726. The van der Waals surface area contributed by atoms with E-state index < -0.39 is 6.10 Å². The molecule has 0 saturated heterocycles. The van der Waals surface area contributed by atoms with Crippen LogP contribution in [0.4, 0.5) is 0 Å². The number of amides is 1. The van der Waals surface area contributed by atoms with Crippen molar-refractivity contribution in [2.24, 2.45) is 0 Å². The minimum Gasteiger partial charge on any atom is -0.391 e. The van der Waals surface area contributed by atoms with Gasteiger partial charge in [-0.05, 0) is 12.8 Å². The lowest BCUT2D eigenvalue weighted by atomic mass is 10.1. The summed E-state index contributed by atoms with van der Waals surface area (Å²) in [4.78, 5) is 11.2. The second kappa shape index (κ2) is 5.98. The third-order valence-corrected chi connectivity index (χ3v) is 2.60. The first-order valence-electron chi connectivity index (χ1n) is 5.20. The van der Waals surface area contributed by atoms with Gasteiger partial charge in [0.05, 0.1) is 12.1 Å². The predicted octanol–water partition coefficient (Wildman–Crippen LogP) is 0.443. The topological polar surface area (TPSA) is 58.6 Å². The van der Waals surface area contributed by atoms with Gasteiger partial charge in [-0.1, -0.05) is 19.3 Å². The first-order valence-corrected chi connectivity index (χ1v) is 5.20. The fourth-order valence-corrected chi connectivity index (χ4v) is 1.84. The van der Waals surface area contributed by atoms with Gasteiger partial charge in [-0.3, -0.25) is 4.79 Å². The third kappa shape index (κ3) is 3.64. The zero-order chi connectivity index (χ0) is 10.4. The largest absolute Gasteiger partial charge is 0.391 e. The highest BCUT2D eigenvalue weighted by atomic mass is 16.5. The van der Waals surface area contributed by atoms with Crippen LogP contribution in [0.3, 0.4) is 0 Å². The average Bonchev–Trinajstić information content (AvgIpc) is 2.33. The van der Waals surface area contributed by atoms with Crippen molar-refractivity contribution in [2.45, 2.75) is 44.2 Å². The van der Waals surface area contributed by atoms with Crippen molar-refractivity contribution in [3.63, 3.8) is 0 Å². The third-order valence-electron chi connectivity index (χ3n) is 2.60. The van der Waals surface area contributed by atoms with Crippen LogP contribution in [-0.4, -0.2) is 36.9 Å². The van der Waals surface area contributed by atoms with Crippen molar-refractivity contribution >= 4 is 5.91 Å². The van der Waals surface area contributed by atoms with Crippen LogP contribution in [0.25, 0.3) is 0 Å². The minimum atomic E-state index is -0.390. The Balaban J connectivity index is 2.36. The van der Waals surface area contributed by atoms with Gasteiger partial charge in [0.2, 0.25) is 5.91 Å². The van der Waals surface area contributed by atoms with Crippen molar-refractivity contribution in [3.8, 4) is 0 Å². The summed E-state index contributed by atoms with van der Waals surface area (Å²) in [6.07, 6.45) is 4.55. The molecule has 1 aliphatic carbocycles. The molecule has 0 aromatic heterocycles. The number of rotatable bonds is 3. The smallest absolute Gasteiger partial charge is 0.246 e. The van der Waals surface area contributed by atoms with Crippen LogP contribution in [0, 0.1) is 0 Å². The first kappa shape index (κ1) is 11.5. The summed E-state index contributed by atoms with van der Waals surface area (Å²) in [5, 5.41) is 12.5. The van der Waals surface area contributed by atoms with E-state index in [4.69, 9.17) is 4.74 Å². The summed E-state index contributed by atoms with van der Waals surface area (Å²) in [7, 11) is 1.49. The first-order chi connectivity index (χ1) is 6.74. The number of carbonyl (C=O) groups excluding carboxylic acids is 1. The number of methoxy groups -OCH3 is 1. The van der Waals surface area contributed by atoms with Gasteiger partial charge in [-0.2, -0.15) is 0 Å². The molecule has 0 bridgehead atoms. The predicted molar refractivity (Wildman–Crippen MR) is 52.9 cm³/mol. The van der Waals surface area contributed by atoms with Gasteiger partial charge >= 0.3 is 0 Å². The van der Waals surface area contributed by atoms with Crippen molar-refractivity contribution in [1.82, 2.24) is 5.32 Å². The number of hydrogen-bond acceptors (Lipinski definition) is 3. The highest BCUT2D eigenvalue weighted by Crippen LogP contribution is 2.17. The molecule has 4 nitrogen and oxygen atoms in total. The summed E-state index contributed by atoms with van der Waals surface area (Å²) >= 11 is 0. The molecule has 1 saturated carbocycles. The maximum atomic E-state index is 11.2. The van der Waals surface area contributed by atoms with Gasteiger partial charge in [0, 0.05) is 7.11 Å². The van der Waals surface area contributed by atoms with E-state index in [-0.39, 0.29) is 18.6 Å². The second-order valence-corrected chi connectivity index (χ2v) is 3.81. The van der Waals surface area contributed by atoms with Gasteiger partial charge in [-0.25, -0.2) is 0 Å². The van der Waals surface area contributed by atoms with Gasteiger partial charge in [-0.15, -0.1) is 0 Å². The highest BCUT2D eigenvalue weighted by Gasteiger charge is 2.22. The van der Waals surface area contributed by atoms with E-state index in [0.29, 0.717) is 0 Å². The molecule has 1 rings (SSSR count). The molecule has 2 N–H and O–H groups in total. The number of nitrogens with one attached hydrogen (secondary N) is 1. The van der Waals surface area contributed by atoms with Crippen molar-refractivity contribution in [3.05, 3.63) is 0 Å². The molecule has 1 aliphatic rings. The lowest BCUT2D eigenvalue weighted by molar-refractivity contribution is -0.126. The number of aliphatic hydroxyl groups excluding tert-OH is 1. The van der Waals surface area contributed by atoms with Gasteiger partial charge in [0.15, 0.2) is 0 Å². The van der Waals surface area contributed by atoms with Gasteiger partial charge < -0.3 is 15.2 Å². The van der Waals surface area contributed by atoms with E-state index in [1.807, 2.05) is 0 Å². The number of carbonyl (C=O) groups is 1. The standard InChI is InChI=1S/C10H19NO3/c1-14-7-10(13)11-8-5-3-2-4-6-9(8)12/h8-9,12H,2-7H2,1H3,(H,11,13). The zero-order valence-electron chi connectivity index (χ0n) is 8.66. The molecule has 4 heteroatoms. The molecule has 1 fully saturated rings. The second-order valence-electron chi connectivity index (χ2n) is 3.81. The van der Waals surface area contributed by atoms with Crippen LogP contribution in [0.5, 0.6) is 0 Å². The molecule has 0 aliphatic heterocycles. The van der Waals surface area contributed by atoms with Gasteiger partial charge in [0.1, 0.15) is 6.61 Å². The van der Waals surface area contributed by atoms with Crippen LogP contribution in [0.15, 0.2) is 0 Å². The number of ether oxygens (including phenoxy) is 1. The Labute approximate surface area is 84.6 Å². The van der Waals surface area contributed by atoms with Crippen LogP contribution >= 0.6 is 0 Å². The molecule has 0 aromatic rings. The molecule has 82 valence electrons. The van der Waals surface area contributed by atoms with Crippen LogP contribution < -0.4 is 5.32 Å². The van der Waals surface area contributed by atoms with E-state index in [9.17, 15) is 9.90 Å². The SMILES string of the molecule is COCC(=O)NC1CCCCCC1O. The molecule has 14 heavy (non-hydrogen) atoms. The molecule has 0 aromatic carbocycles. The normalized spacial score (nSPS) is 28.1. The molecule has 2 atom stereocenters.